The van der Waals surface area contributed by atoms with E-state index in [-0.39, 0.29) is 0 Å². The van der Waals surface area contributed by atoms with Crippen LogP contribution in [-0.4, -0.2) is 56.5 Å². The van der Waals surface area contributed by atoms with Gasteiger partial charge in [0, 0.05) is 25.4 Å². The van der Waals surface area contributed by atoms with Gasteiger partial charge in [-0.3, -0.25) is 0 Å². The SMILES string of the molecule is CCCN1CCCC(C(C)NCC(C)(C)S(C)(=O)=O)C1. The van der Waals surface area contributed by atoms with Gasteiger partial charge in [-0.2, -0.15) is 0 Å². The third-order valence-electron chi connectivity index (χ3n) is 4.64. The Labute approximate surface area is 125 Å². The summed E-state index contributed by atoms with van der Waals surface area (Å²) in [6.07, 6.45) is 5.03. The summed E-state index contributed by atoms with van der Waals surface area (Å²) >= 11 is 0. The molecule has 1 fully saturated rings. The van der Waals surface area contributed by atoms with E-state index in [2.05, 4.69) is 24.1 Å². The Hall–Kier alpha value is -0.130. The van der Waals surface area contributed by atoms with Crippen molar-refractivity contribution in [2.24, 2.45) is 5.92 Å². The molecule has 1 aliphatic heterocycles. The number of nitrogens with zero attached hydrogens (tertiary/aromatic N) is 1. The van der Waals surface area contributed by atoms with Crippen molar-refractivity contribution in [1.29, 1.82) is 0 Å². The summed E-state index contributed by atoms with van der Waals surface area (Å²) < 4.78 is 22.8. The Morgan fingerprint density at radius 2 is 2.05 bits per heavy atom. The van der Waals surface area contributed by atoms with E-state index in [0.29, 0.717) is 18.5 Å². The number of nitrogens with one attached hydrogen (secondary N) is 1. The van der Waals surface area contributed by atoms with Crippen LogP contribution in [0.25, 0.3) is 0 Å². The van der Waals surface area contributed by atoms with Gasteiger partial charge in [0.2, 0.25) is 0 Å². The van der Waals surface area contributed by atoms with E-state index in [1.807, 2.05) is 0 Å². The van der Waals surface area contributed by atoms with Gasteiger partial charge in [-0.05, 0) is 59.0 Å². The Balaban J connectivity index is 2.48. The van der Waals surface area contributed by atoms with Crippen molar-refractivity contribution >= 4 is 9.84 Å². The molecule has 2 atom stereocenters. The van der Waals surface area contributed by atoms with Crippen LogP contribution in [0, 0.1) is 5.92 Å². The maximum absolute atomic E-state index is 11.7. The van der Waals surface area contributed by atoms with Gasteiger partial charge in [0.1, 0.15) is 0 Å². The van der Waals surface area contributed by atoms with Crippen LogP contribution >= 0.6 is 0 Å². The van der Waals surface area contributed by atoms with Crippen molar-refractivity contribution < 1.29 is 8.42 Å². The third-order valence-corrected chi connectivity index (χ3v) is 6.79. The molecule has 0 radical (unpaired) electrons. The van der Waals surface area contributed by atoms with Gasteiger partial charge in [-0.1, -0.05) is 6.92 Å². The fourth-order valence-electron chi connectivity index (χ4n) is 2.72. The van der Waals surface area contributed by atoms with E-state index < -0.39 is 14.6 Å². The number of rotatable bonds is 7. The first-order valence-electron chi connectivity index (χ1n) is 7.82. The first-order valence-corrected chi connectivity index (χ1v) is 9.72. The molecule has 1 heterocycles. The molecule has 1 saturated heterocycles. The fourth-order valence-corrected chi connectivity index (χ4v) is 3.07. The van der Waals surface area contributed by atoms with E-state index in [1.54, 1.807) is 13.8 Å². The van der Waals surface area contributed by atoms with Crippen LogP contribution in [0.1, 0.15) is 47.0 Å². The molecular weight excluding hydrogens is 272 g/mol. The highest BCUT2D eigenvalue weighted by Crippen LogP contribution is 2.21. The first kappa shape index (κ1) is 17.9. The van der Waals surface area contributed by atoms with Gasteiger partial charge in [0.25, 0.3) is 0 Å². The quantitative estimate of drug-likeness (QED) is 0.780. The van der Waals surface area contributed by atoms with Crippen LogP contribution in [-0.2, 0) is 9.84 Å². The van der Waals surface area contributed by atoms with Crippen molar-refractivity contribution in [2.45, 2.75) is 57.7 Å². The summed E-state index contributed by atoms with van der Waals surface area (Å²) in [4.78, 5) is 2.54. The normalized spacial score (nSPS) is 23.8. The van der Waals surface area contributed by atoms with Gasteiger partial charge in [-0.15, -0.1) is 0 Å². The van der Waals surface area contributed by atoms with Crippen LogP contribution in [0.15, 0.2) is 0 Å². The summed E-state index contributed by atoms with van der Waals surface area (Å²) in [5.74, 6) is 0.630. The van der Waals surface area contributed by atoms with Crippen LogP contribution in [0.5, 0.6) is 0 Å². The Bertz CT molecular complexity index is 391. The predicted molar refractivity (Wildman–Crippen MR) is 85.8 cm³/mol. The summed E-state index contributed by atoms with van der Waals surface area (Å²) in [6.45, 7) is 12.1. The lowest BCUT2D eigenvalue weighted by Crippen LogP contribution is -2.49. The molecule has 0 amide bonds. The molecule has 20 heavy (non-hydrogen) atoms. The highest BCUT2D eigenvalue weighted by atomic mass is 32.2. The van der Waals surface area contributed by atoms with Crippen molar-refractivity contribution in [3.8, 4) is 0 Å². The van der Waals surface area contributed by atoms with Crippen LogP contribution in [0.4, 0.5) is 0 Å². The summed E-state index contributed by atoms with van der Waals surface area (Å²) in [6, 6.07) is 0.371. The smallest absolute Gasteiger partial charge is 0.153 e. The number of likely N-dealkylation sites (tertiary alicyclic amines) is 1. The Morgan fingerprint density at radius 3 is 2.60 bits per heavy atom. The Kier molecular flexibility index (Phi) is 6.48. The monoisotopic (exact) mass is 304 g/mol. The van der Waals surface area contributed by atoms with Gasteiger partial charge in [0.05, 0.1) is 4.75 Å². The molecular formula is C15H32N2O2S. The molecule has 2 unspecified atom stereocenters. The van der Waals surface area contributed by atoms with Crippen molar-refractivity contribution in [2.75, 3.05) is 32.4 Å². The average Bonchev–Trinajstić information content (AvgIpc) is 2.35. The van der Waals surface area contributed by atoms with E-state index in [1.165, 1.54) is 38.6 Å². The lowest BCUT2D eigenvalue weighted by Gasteiger charge is -2.37. The third kappa shape index (κ3) is 5.01. The van der Waals surface area contributed by atoms with Crippen molar-refractivity contribution in [3.05, 3.63) is 0 Å². The van der Waals surface area contributed by atoms with Gasteiger partial charge >= 0.3 is 0 Å². The zero-order valence-corrected chi connectivity index (χ0v) is 14.6. The number of sulfone groups is 1. The number of hydrogen-bond donors (Lipinski definition) is 1. The van der Waals surface area contributed by atoms with Gasteiger partial charge < -0.3 is 10.2 Å². The maximum atomic E-state index is 11.7. The van der Waals surface area contributed by atoms with Crippen LogP contribution < -0.4 is 5.32 Å². The largest absolute Gasteiger partial charge is 0.312 e. The number of piperidine rings is 1. The van der Waals surface area contributed by atoms with E-state index >= 15 is 0 Å². The van der Waals surface area contributed by atoms with Crippen LogP contribution in [0.3, 0.4) is 0 Å². The molecule has 0 aromatic heterocycles. The summed E-state index contributed by atoms with van der Waals surface area (Å²) in [5, 5.41) is 3.46. The minimum Gasteiger partial charge on any atom is -0.312 e. The van der Waals surface area contributed by atoms with E-state index in [4.69, 9.17) is 0 Å². The molecule has 1 rings (SSSR count). The number of hydrogen-bond acceptors (Lipinski definition) is 4. The summed E-state index contributed by atoms with van der Waals surface area (Å²) in [7, 11) is -3.02. The second kappa shape index (κ2) is 7.23. The molecule has 0 aliphatic carbocycles. The average molecular weight is 305 g/mol. The predicted octanol–water partition coefficient (Wildman–Crippen LogP) is 1.91. The minimum absolute atomic E-state index is 0.371. The van der Waals surface area contributed by atoms with Gasteiger partial charge in [0.15, 0.2) is 9.84 Å². The highest BCUT2D eigenvalue weighted by molar-refractivity contribution is 7.92. The second-order valence-corrected chi connectivity index (χ2v) is 9.55. The van der Waals surface area contributed by atoms with Gasteiger partial charge in [-0.25, -0.2) is 8.42 Å². The molecule has 0 aromatic carbocycles. The van der Waals surface area contributed by atoms with E-state index in [9.17, 15) is 8.42 Å². The maximum Gasteiger partial charge on any atom is 0.153 e. The van der Waals surface area contributed by atoms with Crippen molar-refractivity contribution in [1.82, 2.24) is 10.2 Å². The molecule has 120 valence electrons. The topological polar surface area (TPSA) is 49.4 Å². The van der Waals surface area contributed by atoms with Crippen LogP contribution in [0.2, 0.25) is 0 Å². The zero-order valence-electron chi connectivity index (χ0n) is 13.8. The molecule has 5 heteroatoms. The molecule has 0 spiro atoms. The lowest BCUT2D eigenvalue weighted by molar-refractivity contribution is 0.150. The van der Waals surface area contributed by atoms with Crippen molar-refractivity contribution in [3.63, 3.8) is 0 Å². The Morgan fingerprint density at radius 1 is 1.40 bits per heavy atom. The second-order valence-electron chi connectivity index (χ2n) is 6.90. The summed E-state index contributed by atoms with van der Waals surface area (Å²) in [5.41, 5.74) is 0. The molecule has 0 aromatic rings. The molecule has 4 nitrogen and oxygen atoms in total. The minimum atomic E-state index is -3.02. The zero-order chi connectivity index (χ0) is 15.4. The molecule has 1 aliphatic rings. The standard InChI is InChI=1S/C15H32N2O2S/c1-6-9-17-10-7-8-14(11-17)13(2)16-12-15(3,4)20(5,18)19/h13-14,16H,6-12H2,1-5H3. The highest BCUT2D eigenvalue weighted by Gasteiger charge is 2.31. The molecule has 0 bridgehead atoms. The first-order chi connectivity index (χ1) is 9.17. The lowest BCUT2D eigenvalue weighted by atomic mass is 9.91. The molecule has 0 saturated carbocycles. The van der Waals surface area contributed by atoms with E-state index in [0.717, 1.165) is 6.54 Å². The fraction of sp³-hybridized carbons (Fsp3) is 1.00. The molecule has 1 N–H and O–H groups in total.